The lowest BCUT2D eigenvalue weighted by Gasteiger charge is -2.18. The van der Waals surface area contributed by atoms with Crippen LogP contribution in [0.25, 0.3) is 0 Å². The maximum Gasteiger partial charge on any atom is 0.224 e. The lowest BCUT2D eigenvalue weighted by molar-refractivity contribution is -0.130. The SMILES string of the molecule is Cc1ccccc1[C@@H]1CCN(C(=O)CCNC(=O)[C@H]2C[C@@H]2C)C1. The molecule has 4 nitrogen and oxygen atoms in total. The van der Waals surface area contributed by atoms with Gasteiger partial charge in [0.15, 0.2) is 0 Å². The van der Waals surface area contributed by atoms with Crippen molar-refractivity contribution >= 4 is 11.8 Å². The van der Waals surface area contributed by atoms with Gasteiger partial charge in [-0.1, -0.05) is 31.2 Å². The zero-order valence-corrected chi connectivity index (χ0v) is 14.0. The monoisotopic (exact) mass is 314 g/mol. The third kappa shape index (κ3) is 3.74. The highest BCUT2D eigenvalue weighted by Gasteiger charge is 2.38. The summed E-state index contributed by atoms with van der Waals surface area (Å²) in [6.07, 6.45) is 2.43. The van der Waals surface area contributed by atoms with Crippen molar-refractivity contribution in [3.63, 3.8) is 0 Å². The standard InChI is InChI=1S/C19H26N2O2/c1-13-5-3-4-6-16(13)15-8-10-21(12-15)18(22)7-9-20-19(23)17-11-14(17)2/h3-6,14-15,17H,7-12H2,1-2H3,(H,20,23)/t14-,15+,17-/m0/s1. The van der Waals surface area contributed by atoms with E-state index >= 15 is 0 Å². The minimum absolute atomic E-state index is 0.115. The first-order valence-electron chi connectivity index (χ1n) is 8.67. The second-order valence-electron chi connectivity index (χ2n) is 7.04. The third-order valence-electron chi connectivity index (χ3n) is 5.25. The molecule has 0 bridgehead atoms. The molecule has 0 unspecified atom stereocenters. The second-order valence-corrected chi connectivity index (χ2v) is 7.04. The first-order valence-corrected chi connectivity index (χ1v) is 8.67. The number of amides is 2. The summed E-state index contributed by atoms with van der Waals surface area (Å²) in [5, 5.41) is 2.89. The molecule has 1 aliphatic carbocycles. The Hall–Kier alpha value is -1.84. The lowest BCUT2D eigenvalue weighted by atomic mass is 9.94. The van der Waals surface area contributed by atoms with E-state index in [1.165, 1.54) is 11.1 Å². The maximum absolute atomic E-state index is 12.3. The van der Waals surface area contributed by atoms with Crippen molar-refractivity contribution in [2.24, 2.45) is 11.8 Å². The molecule has 0 aromatic heterocycles. The smallest absolute Gasteiger partial charge is 0.224 e. The number of carbonyl (C=O) groups is 2. The fraction of sp³-hybridized carbons (Fsp3) is 0.579. The molecule has 1 aromatic rings. The number of likely N-dealkylation sites (tertiary alicyclic amines) is 1. The number of aryl methyl sites for hydroxylation is 1. The Balaban J connectivity index is 1.44. The first-order chi connectivity index (χ1) is 11.1. The number of carbonyl (C=O) groups excluding carboxylic acids is 2. The van der Waals surface area contributed by atoms with E-state index in [2.05, 4.69) is 43.4 Å². The molecule has 1 aromatic carbocycles. The highest BCUT2D eigenvalue weighted by atomic mass is 16.2. The molecule has 2 fully saturated rings. The van der Waals surface area contributed by atoms with E-state index in [1.807, 2.05) is 4.90 Å². The summed E-state index contributed by atoms with van der Waals surface area (Å²) in [4.78, 5) is 26.0. The molecule has 1 saturated carbocycles. The fourth-order valence-electron chi connectivity index (χ4n) is 3.55. The number of hydrogen-bond donors (Lipinski definition) is 1. The van der Waals surface area contributed by atoms with Crippen molar-refractivity contribution < 1.29 is 9.59 Å². The van der Waals surface area contributed by atoms with E-state index in [1.54, 1.807) is 0 Å². The summed E-state index contributed by atoms with van der Waals surface area (Å²) in [5.74, 6) is 1.42. The Morgan fingerprint density at radius 3 is 2.74 bits per heavy atom. The highest BCUT2D eigenvalue weighted by Crippen LogP contribution is 2.37. The van der Waals surface area contributed by atoms with Gasteiger partial charge in [-0.3, -0.25) is 9.59 Å². The molecule has 2 amide bonds. The van der Waals surface area contributed by atoms with Gasteiger partial charge >= 0.3 is 0 Å². The molecule has 0 spiro atoms. The van der Waals surface area contributed by atoms with Crippen LogP contribution >= 0.6 is 0 Å². The fourth-order valence-corrected chi connectivity index (χ4v) is 3.55. The van der Waals surface area contributed by atoms with Crippen molar-refractivity contribution in [1.82, 2.24) is 10.2 Å². The minimum Gasteiger partial charge on any atom is -0.355 e. The van der Waals surface area contributed by atoms with Crippen LogP contribution in [-0.4, -0.2) is 36.3 Å². The normalized spacial score (nSPS) is 26.2. The summed E-state index contributed by atoms with van der Waals surface area (Å²) in [7, 11) is 0. The predicted octanol–water partition coefficient (Wildman–Crippen LogP) is 2.47. The van der Waals surface area contributed by atoms with Gasteiger partial charge in [-0.25, -0.2) is 0 Å². The zero-order chi connectivity index (χ0) is 16.4. The van der Waals surface area contributed by atoms with E-state index in [0.29, 0.717) is 24.8 Å². The van der Waals surface area contributed by atoms with Gasteiger partial charge in [0.2, 0.25) is 11.8 Å². The van der Waals surface area contributed by atoms with Crippen LogP contribution in [0.3, 0.4) is 0 Å². The molecular weight excluding hydrogens is 288 g/mol. The average Bonchev–Trinajstić information content (AvgIpc) is 3.08. The highest BCUT2D eigenvalue weighted by molar-refractivity contribution is 5.82. The summed E-state index contributed by atoms with van der Waals surface area (Å²) < 4.78 is 0. The van der Waals surface area contributed by atoms with E-state index in [9.17, 15) is 9.59 Å². The molecule has 3 atom stereocenters. The van der Waals surface area contributed by atoms with Crippen molar-refractivity contribution in [1.29, 1.82) is 0 Å². The van der Waals surface area contributed by atoms with Crippen molar-refractivity contribution in [2.45, 2.75) is 39.0 Å². The van der Waals surface area contributed by atoms with E-state index < -0.39 is 0 Å². The molecule has 124 valence electrons. The number of rotatable bonds is 5. The van der Waals surface area contributed by atoms with Gasteiger partial charge in [0.1, 0.15) is 0 Å². The largest absolute Gasteiger partial charge is 0.355 e. The van der Waals surface area contributed by atoms with Crippen LogP contribution in [-0.2, 0) is 9.59 Å². The number of nitrogens with zero attached hydrogens (tertiary/aromatic N) is 1. The van der Waals surface area contributed by atoms with Crippen molar-refractivity contribution in [3.8, 4) is 0 Å². The van der Waals surface area contributed by atoms with E-state index in [0.717, 1.165) is 25.9 Å². The van der Waals surface area contributed by atoms with Crippen LogP contribution in [0.15, 0.2) is 24.3 Å². The van der Waals surface area contributed by atoms with Gasteiger partial charge in [0.05, 0.1) is 0 Å². The van der Waals surface area contributed by atoms with E-state index in [4.69, 9.17) is 0 Å². The molecule has 0 radical (unpaired) electrons. The Kier molecular flexibility index (Phi) is 4.69. The molecule has 1 saturated heterocycles. The van der Waals surface area contributed by atoms with Gasteiger partial charge in [0, 0.05) is 37.9 Å². The van der Waals surface area contributed by atoms with Gasteiger partial charge in [-0.05, 0) is 36.8 Å². The quantitative estimate of drug-likeness (QED) is 0.907. The van der Waals surface area contributed by atoms with Gasteiger partial charge in [0.25, 0.3) is 0 Å². The predicted molar refractivity (Wildman–Crippen MR) is 90.0 cm³/mol. The lowest BCUT2D eigenvalue weighted by Crippen LogP contribution is -2.33. The topological polar surface area (TPSA) is 49.4 Å². The number of nitrogens with one attached hydrogen (secondary N) is 1. The maximum atomic E-state index is 12.3. The van der Waals surface area contributed by atoms with Crippen LogP contribution in [0, 0.1) is 18.8 Å². The van der Waals surface area contributed by atoms with Gasteiger partial charge in [-0.2, -0.15) is 0 Å². The summed E-state index contributed by atoms with van der Waals surface area (Å²) in [6.45, 7) is 6.31. The average molecular weight is 314 g/mol. The van der Waals surface area contributed by atoms with E-state index in [-0.39, 0.29) is 17.7 Å². The third-order valence-corrected chi connectivity index (χ3v) is 5.25. The molecule has 23 heavy (non-hydrogen) atoms. The van der Waals surface area contributed by atoms with Crippen LogP contribution in [0.2, 0.25) is 0 Å². The molecule has 4 heteroatoms. The summed E-state index contributed by atoms with van der Waals surface area (Å²) in [5.41, 5.74) is 2.66. The second kappa shape index (κ2) is 6.73. The number of benzene rings is 1. The van der Waals surface area contributed by atoms with Gasteiger partial charge < -0.3 is 10.2 Å². The van der Waals surface area contributed by atoms with Crippen LogP contribution < -0.4 is 5.32 Å². The van der Waals surface area contributed by atoms with Crippen molar-refractivity contribution in [2.75, 3.05) is 19.6 Å². The molecule has 1 aliphatic heterocycles. The Morgan fingerprint density at radius 1 is 1.30 bits per heavy atom. The number of hydrogen-bond acceptors (Lipinski definition) is 2. The van der Waals surface area contributed by atoms with Crippen LogP contribution in [0.4, 0.5) is 0 Å². The molecule has 2 aliphatic rings. The van der Waals surface area contributed by atoms with Crippen LogP contribution in [0.5, 0.6) is 0 Å². The zero-order valence-electron chi connectivity index (χ0n) is 14.0. The van der Waals surface area contributed by atoms with Gasteiger partial charge in [-0.15, -0.1) is 0 Å². The molecule has 1 N–H and O–H groups in total. The van der Waals surface area contributed by atoms with Crippen molar-refractivity contribution in [3.05, 3.63) is 35.4 Å². The minimum atomic E-state index is 0.115. The summed E-state index contributed by atoms with van der Waals surface area (Å²) >= 11 is 0. The molecule has 3 rings (SSSR count). The van der Waals surface area contributed by atoms with Crippen LogP contribution in [0.1, 0.15) is 43.2 Å². The first kappa shape index (κ1) is 16.0. The molecular formula is C19H26N2O2. The Bertz CT molecular complexity index is 599. The molecule has 1 heterocycles. The Labute approximate surface area is 138 Å². The Morgan fingerprint density at radius 2 is 2.04 bits per heavy atom. The summed E-state index contributed by atoms with van der Waals surface area (Å²) in [6, 6.07) is 8.43.